The van der Waals surface area contributed by atoms with E-state index in [1.54, 1.807) is 0 Å². The Morgan fingerprint density at radius 1 is 1.00 bits per heavy atom. The van der Waals surface area contributed by atoms with Crippen LogP contribution < -0.4 is 0 Å². The van der Waals surface area contributed by atoms with Gasteiger partial charge in [-0.05, 0) is 18.0 Å². The van der Waals surface area contributed by atoms with Crippen LogP contribution in [-0.2, 0) is 4.79 Å². The predicted octanol–water partition coefficient (Wildman–Crippen LogP) is 4.14. The molecule has 0 rings (SSSR count). The summed E-state index contributed by atoms with van der Waals surface area (Å²) in [6.07, 6.45) is 6.37. The lowest BCUT2D eigenvalue weighted by Gasteiger charge is -1.89. The summed E-state index contributed by atoms with van der Waals surface area (Å²) in [6.45, 7) is 6.46. The van der Waals surface area contributed by atoms with Gasteiger partial charge >= 0.3 is 0 Å². The Labute approximate surface area is 81.5 Å². The number of hydrogen-bond acceptors (Lipinski definition) is 1. The van der Waals surface area contributed by atoms with Crippen molar-refractivity contribution < 1.29 is 4.79 Å². The molecule has 0 unspecified atom stereocenters. The molecule has 0 aliphatic rings. The highest BCUT2D eigenvalue weighted by Gasteiger charge is 1.92. The molecule has 12 heavy (non-hydrogen) atoms. The lowest BCUT2D eigenvalue weighted by atomic mass is 10.2. The highest BCUT2D eigenvalue weighted by molar-refractivity contribution is 6.63. The minimum Gasteiger partial charge on any atom is -0.281 e. The van der Waals surface area contributed by atoms with Crippen LogP contribution in [0.3, 0.4) is 0 Å². The second-order valence-corrected chi connectivity index (χ2v) is 3.23. The fourth-order valence-electron chi connectivity index (χ4n) is 0.514. The third-order valence-corrected chi connectivity index (χ3v) is 1.67. The smallest absolute Gasteiger partial charge is 0.221 e. The average molecular weight is 193 g/mol. The molecule has 0 spiro atoms. The highest BCUT2D eigenvalue weighted by Crippen LogP contribution is 2.00. The molecule has 0 aromatic heterocycles. The molecule has 0 radical (unpaired) electrons. The molecule has 1 nitrogen and oxygen atoms in total. The van der Waals surface area contributed by atoms with Crippen molar-refractivity contribution in [1.29, 1.82) is 0 Å². The van der Waals surface area contributed by atoms with E-state index in [9.17, 15) is 4.79 Å². The van der Waals surface area contributed by atoms with Gasteiger partial charge in [-0.1, -0.05) is 46.5 Å². The van der Waals surface area contributed by atoms with Crippen molar-refractivity contribution >= 4 is 16.8 Å². The van der Waals surface area contributed by atoms with Gasteiger partial charge < -0.3 is 0 Å². The maximum absolute atomic E-state index is 10.1. The second-order valence-electron chi connectivity index (χ2n) is 2.81. The molecule has 0 amide bonds. The van der Waals surface area contributed by atoms with Gasteiger partial charge in [-0.3, -0.25) is 4.79 Å². The minimum atomic E-state index is -0.210. The molecular formula is C10H21ClO. The summed E-state index contributed by atoms with van der Waals surface area (Å²) in [5.41, 5.74) is 0. The van der Waals surface area contributed by atoms with Crippen LogP contribution in [0.2, 0.25) is 0 Å². The quantitative estimate of drug-likeness (QED) is 0.473. The molecule has 0 aliphatic heterocycles. The monoisotopic (exact) mass is 192 g/mol. The zero-order valence-electron chi connectivity index (χ0n) is 8.53. The summed E-state index contributed by atoms with van der Waals surface area (Å²) < 4.78 is 0. The predicted molar refractivity (Wildman–Crippen MR) is 55.6 cm³/mol. The Morgan fingerprint density at radius 2 is 1.50 bits per heavy atom. The van der Waals surface area contributed by atoms with Crippen molar-refractivity contribution in [3.8, 4) is 0 Å². The molecule has 0 aliphatic carbocycles. The van der Waals surface area contributed by atoms with Gasteiger partial charge in [0.1, 0.15) is 0 Å². The van der Waals surface area contributed by atoms with Crippen LogP contribution >= 0.6 is 11.6 Å². The standard InChI is InChI=1S/C6H11ClO.C4H10/c1-2-3-4-5-6(7)8;1-3-4-2/h2-5H2,1H3;3-4H2,1-2H3. The summed E-state index contributed by atoms with van der Waals surface area (Å²) in [5.74, 6) is 0. The SMILES string of the molecule is CCCC.CCCCCC(=O)Cl. The lowest BCUT2D eigenvalue weighted by Crippen LogP contribution is -1.84. The van der Waals surface area contributed by atoms with E-state index >= 15 is 0 Å². The van der Waals surface area contributed by atoms with Crippen molar-refractivity contribution in [2.24, 2.45) is 0 Å². The first-order valence-corrected chi connectivity index (χ1v) is 5.25. The molecule has 74 valence electrons. The van der Waals surface area contributed by atoms with Crippen LogP contribution in [0, 0.1) is 0 Å². The minimum absolute atomic E-state index is 0.210. The Kier molecular flexibility index (Phi) is 16.3. The summed E-state index contributed by atoms with van der Waals surface area (Å²) in [5, 5.41) is -0.210. The van der Waals surface area contributed by atoms with Gasteiger partial charge in [-0.15, -0.1) is 0 Å². The maximum Gasteiger partial charge on any atom is 0.221 e. The van der Waals surface area contributed by atoms with Gasteiger partial charge in [0, 0.05) is 6.42 Å². The van der Waals surface area contributed by atoms with Crippen LogP contribution in [0.1, 0.15) is 59.3 Å². The van der Waals surface area contributed by atoms with Gasteiger partial charge in [0.15, 0.2) is 0 Å². The molecule has 0 heterocycles. The van der Waals surface area contributed by atoms with E-state index in [2.05, 4.69) is 20.8 Å². The van der Waals surface area contributed by atoms with Gasteiger partial charge in [0.25, 0.3) is 0 Å². The first kappa shape index (κ1) is 14.5. The van der Waals surface area contributed by atoms with Crippen molar-refractivity contribution in [2.75, 3.05) is 0 Å². The Bertz CT molecular complexity index is 89.8. The number of hydrogen-bond donors (Lipinski definition) is 0. The Balaban J connectivity index is 0. The van der Waals surface area contributed by atoms with Gasteiger partial charge in [0.2, 0.25) is 5.24 Å². The number of carbonyl (C=O) groups is 1. The number of halogens is 1. The van der Waals surface area contributed by atoms with Gasteiger partial charge in [-0.2, -0.15) is 0 Å². The number of unbranched alkanes of at least 4 members (excludes halogenated alkanes) is 3. The Hall–Kier alpha value is -0.0400. The van der Waals surface area contributed by atoms with E-state index in [0.29, 0.717) is 6.42 Å². The molecule has 0 bridgehead atoms. The van der Waals surface area contributed by atoms with Crippen molar-refractivity contribution in [1.82, 2.24) is 0 Å². The van der Waals surface area contributed by atoms with Crippen LogP contribution in [0.25, 0.3) is 0 Å². The number of rotatable bonds is 5. The summed E-state index contributed by atoms with van der Waals surface area (Å²) in [7, 11) is 0. The van der Waals surface area contributed by atoms with Crippen LogP contribution in [0.4, 0.5) is 0 Å². The van der Waals surface area contributed by atoms with Crippen LogP contribution in [0.15, 0.2) is 0 Å². The summed E-state index contributed by atoms with van der Waals surface area (Å²) in [6, 6.07) is 0. The molecule has 0 atom stereocenters. The fourth-order valence-corrected chi connectivity index (χ4v) is 0.648. The Morgan fingerprint density at radius 3 is 1.75 bits per heavy atom. The third-order valence-electron chi connectivity index (χ3n) is 1.48. The first-order chi connectivity index (χ1) is 5.68. The molecule has 0 aromatic rings. The van der Waals surface area contributed by atoms with E-state index in [4.69, 9.17) is 11.6 Å². The van der Waals surface area contributed by atoms with Crippen molar-refractivity contribution in [3.05, 3.63) is 0 Å². The van der Waals surface area contributed by atoms with E-state index < -0.39 is 0 Å². The van der Waals surface area contributed by atoms with Gasteiger partial charge in [0.05, 0.1) is 0 Å². The van der Waals surface area contributed by atoms with Crippen molar-refractivity contribution in [3.63, 3.8) is 0 Å². The maximum atomic E-state index is 10.1. The average Bonchev–Trinajstić information content (AvgIpc) is 2.05. The lowest BCUT2D eigenvalue weighted by molar-refractivity contribution is -0.111. The zero-order chi connectivity index (χ0) is 9.82. The normalized spacial score (nSPS) is 8.67. The van der Waals surface area contributed by atoms with Crippen molar-refractivity contribution in [2.45, 2.75) is 59.3 Å². The van der Waals surface area contributed by atoms with E-state index in [-0.39, 0.29) is 5.24 Å². The largest absolute Gasteiger partial charge is 0.281 e. The van der Waals surface area contributed by atoms with E-state index in [0.717, 1.165) is 19.3 Å². The molecule has 0 saturated heterocycles. The van der Waals surface area contributed by atoms with Crippen LogP contribution in [0.5, 0.6) is 0 Å². The summed E-state index contributed by atoms with van der Waals surface area (Å²) in [4.78, 5) is 10.1. The highest BCUT2D eigenvalue weighted by atomic mass is 35.5. The molecule has 2 heteroatoms. The number of carbonyl (C=O) groups excluding carboxylic acids is 1. The molecule has 0 saturated carbocycles. The molecule has 0 N–H and O–H groups in total. The van der Waals surface area contributed by atoms with Crippen LogP contribution in [-0.4, -0.2) is 5.24 Å². The first-order valence-electron chi connectivity index (χ1n) is 4.87. The second kappa shape index (κ2) is 13.5. The molecule has 0 aromatic carbocycles. The van der Waals surface area contributed by atoms with Gasteiger partial charge in [-0.25, -0.2) is 0 Å². The third kappa shape index (κ3) is 22.5. The topological polar surface area (TPSA) is 17.1 Å². The summed E-state index contributed by atoms with van der Waals surface area (Å²) >= 11 is 5.07. The fraction of sp³-hybridized carbons (Fsp3) is 0.900. The zero-order valence-corrected chi connectivity index (χ0v) is 9.28. The van der Waals surface area contributed by atoms with E-state index in [1.807, 2.05) is 0 Å². The van der Waals surface area contributed by atoms with E-state index in [1.165, 1.54) is 12.8 Å². The molecule has 0 fully saturated rings. The molecular weight excluding hydrogens is 172 g/mol.